The van der Waals surface area contributed by atoms with Crippen molar-refractivity contribution in [2.75, 3.05) is 20.3 Å². The van der Waals surface area contributed by atoms with Gasteiger partial charge in [-0.3, -0.25) is 4.79 Å². The summed E-state index contributed by atoms with van der Waals surface area (Å²) in [5.41, 5.74) is 1.31. The number of carbonyl (C=O) groups is 1. The molecule has 0 spiro atoms. The van der Waals surface area contributed by atoms with Crippen LogP contribution in [0.4, 0.5) is 0 Å². The minimum atomic E-state index is 0.148. The molecule has 0 saturated heterocycles. The third-order valence-corrected chi connectivity index (χ3v) is 4.09. The maximum absolute atomic E-state index is 12.6. The van der Waals surface area contributed by atoms with Gasteiger partial charge in [0.05, 0.1) is 6.61 Å². The van der Waals surface area contributed by atoms with Gasteiger partial charge < -0.3 is 9.64 Å². The summed E-state index contributed by atoms with van der Waals surface area (Å²) in [6, 6.07) is 10.1. The van der Waals surface area contributed by atoms with Gasteiger partial charge in [0.15, 0.2) is 0 Å². The van der Waals surface area contributed by atoms with Crippen molar-refractivity contribution in [1.29, 1.82) is 0 Å². The highest BCUT2D eigenvalue weighted by atomic mass is 16.5. The first kappa shape index (κ1) is 17.7. The van der Waals surface area contributed by atoms with Crippen LogP contribution in [0.25, 0.3) is 0 Å². The van der Waals surface area contributed by atoms with E-state index < -0.39 is 0 Å². The van der Waals surface area contributed by atoms with Gasteiger partial charge in [0.2, 0.25) is 5.91 Å². The lowest BCUT2D eigenvalue weighted by molar-refractivity contribution is -0.134. The smallest absolute Gasteiger partial charge is 0.223 e. The predicted octanol–water partition coefficient (Wildman–Crippen LogP) is 3.73. The van der Waals surface area contributed by atoms with E-state index >= 15 is 0 Å². The molecule has 1 atom stereocenters. The van der Waals surface area contributed by atoms with Crippen molar-refractivity contribution in [3.63, 3.8) is 0 Å². The van der Waals surface area contributed by atoms with Crippen LogP contribution in [-0.4, -0.2) is 31.1 Å². The molecule has 1 unspecified atom stereocenters. The van der Waals surface area contributed by atoms with Gasteiger partial charge in [0.1, 0.15) is 0 Å². The third kappa shape index (κ3) is 6.30. The summed E-state index contributed by atoms with van der Waals surface area (Å²) in [5, 5.41) is 0. The summed E-state index contributed by atoms with van der Waals surface area (Å²) in [6.07, 6.45) is 0.583. The van der Waals surface area contributed by atoms with E-state index in [9.17, 15) is 4.79 Å². The second kappa shape index (κ2) is 8.18. The van der Waals surface area contributed by atoms with Crippen LogP contribution < -0.4 is 0 Å². The molecule has 0 heterocycles. The average molecular weight is 291 g/mol. The van der Waals surface area contributed by atoms with E-state index in [1.807, 2.05) is 23.1 Å². The van der Waals surface area contributed by atoms with Crippen LogP contribution in [0.1, 0.15) is 39.7 Å². The number of hydrogen-bond acceptors (Lipinski definition) is 2. The number of methoxy groups -OCH3 is 1. The van der Waals surface area contributed by atoms with E-state index in [2.05, 4.69) is 39.8 Å². The maximum atomic E-state index is 12.6. The molecule has 0 bridgehead atoms. The lowest BCUT2D eigenvalue weighted by Crippen LogP contribution is -2.36. The van der Waals surface area contributed by atoms with E-state index in [0.717, 1.165) is 5.56 Å². The van der Waals surface area contributed by atoms with Crippen molar-refractivity contribution in [2.24, 2.45) is 11.3 Å². The SMILES string of the molecule is COCCN(Cc1ccccc1)C(=O)CC(C)C(C)(C)C. The van der Waals surface area contributed by atoms with Crippen molar-refractivity contribution < 1.29 is 9.53 Å². The lowest BCUT2D eigenvalue weighted by atomic mass is 9.80. The molecular weight excluding hydrogens is 262 g/mol. The van der Waals surface area contributed by atoms with Gasteiger partial charge >= 0.3 is 0 Å². The Balaban J connectivity index is 2.70. The minimum absolute atomic E-state index is 0.148. The first-order valence-corrected chi connectivity index (χ1v) is 7.65. The molecule has 0 N–H and O–H groups in total. The second-order valence-corrected chi connectivity index (χ2v) is 6.76. The van der Waals surface area contributed by atoms with E-state index in [-0.39, 0.29) is 11.3 Å². The summed E-state index contributed by atoms with van der Waals surface area (Å²) in [7, 11) is 1.67. The molecule has 0 aliphatic heterocycles. The normalized spacial score (nSPS) is 13.0. The van der Waals surface area contributed by atoms with Crippen LogP contribution in [0.5, 0.6) is 0 Å². The van der Waals surface area contributed by atoms with Crippen LogP contribution in [0, 0.1) is 11.3 Å². The standard InChI is InChI=1S/C18H29NO2/c1-15(18(2,3)4)13-17(20)19(11-12-21-5)14-16-9-7-6-8-10-16/h6-10,15H,11-14H2,1-5H3. The molecular formula is C18H29NO2. The fraction of sp³-hybridized carbons (Fsp3) is 0.611. The summed E-state index contributed by atoms with van der Waals surface area (Å²) >= 11 is 0. The van der Waals surface area contributed by atoms with Crippen molar-refractivity contribution in [3.8, 4) is 0 Å². The highest BCUT2D eigenvalue weighted by Crippen LogP contribution is 2.28. The molecule has 21 heavy (non-hydrogen) atoms. The molecule has 0 aromatic heterocycles. The number of benzene rings is 1. The number of carbonyl (C=O) groups excluding carboxylic acids is 1. The van der Waals surface area contributed by atoms with Crippen molar-refractivity contribution >= 4 is 5.91 Å². The largest absolute Gasteiger partial charge is 0.383 e. The van der Waals surface area contributed by atoms with Gasteiger partial charge in [-0.15, -0.1) is 0 Å². The molecule has 1 aromatic carbocycles. The summed E-state index contributed by atoms with van der Waals surface area (Å²) < 4.78 is 5.14. The molecule has 3 heteroatoms. The summed E-state index contributed by atoms with van der Waals surface area (Å²) in [4.78, 5) is 14.5. The zero-order valence-electron chi connectivity index (χ0n) is 14.1. The van der Waals surface area contributed by atoms with Crippen LogP contribution in [0.15, 0.2) is 30.3 Å². The van der Waals surface area contributed by atoms with Gasteiger partial charge in [0, 0.05) is 26.6 Å². The maximum Gasteiger partial charge on any atom is 0.223 e. The summed E-state index contributed by atoms with van der Waals surface area (Å²) in [5.74, 6) is 0.559. The first-order chi connectivity index (χ1) is 9.84. The fourth-order valence-electron chi connectivity index (χ4n) is 1.99. The van der Waals surface area contributed by atoms with Gasteiger partial charge in [-0.05, 0) is 16.9 Å². The number of rotatable bonds is 7. The minimum Gasteiger partial charge on any atom is -0.383 e. The number of hydrogen-bond donors (Lipinski definition) is 0. The Bertz CT molecular complexity index is 423. The fourth-order valence-corrected chi connectivity index (χ4v) is 1.99. The zero-order chi connectivity index (χ0) is 15.9. The first-order valence-electron chi connectivity index (χ1n) is 7.65. The Morgan fingerprint density at radius 1 is 1.24 bits per heavy atom. The average Bonchev–Trinajstić information content (AvgIpc) is 2.43. The lowest BCUT2D eigenvalue weighted by Gasteiger charge is -2.30. The van der Waals surface area contributed by atoms with E-state index in [1.54, 1.807) is 7.11 Å². The van der Waals surface area contributed by atoms with E-state index in [4.69, 9.17) is 4.74 Å². The Labute approximate surface area is 129 Å². The molecule has 1 rings (SSSR count). The third-order valence-electron chi connectivity index (χ3n) is 4.09. The van der Waals surface area contributed by atoms with Crippen molar-refractivity contribution in [2.45, 2.75) is 40.7 Å². The highest BCUT2D eigenvalue weighted by molar-refractivity contribution is 5.76. The highest BCUT2D eigenvalue weighted by Gasteiger charge is 2.25. The van der Waals surface area contributed by atoms with E-state index in [0.29, 0.717) is 32.0 Å². The monoisotopic (exact) mass is 291 g/mol. The van der Waals surface area contributed by atoms with Crippen LogP contribution in [0.3, 0.4) is 0 Å². The van der Waals surface area contributed by atoms with Gasteiger partial charge in [0.25, 0.3) is 0 Å². The molecule has 1 amide bonds. The van der Waals surface area contributed by atoms with Crippen LogP contribution in [-0.2, 0) is 16.1 Å². The van der Waals surface area contributed by atoms with E-state index in [1.165, 1.54) is 0 Å². The molecule has 0 saturated carbocycles. The molecule has 0 aliphatic rings. The van der Waals surface area contributed by atoms with Crippen LogP contribution >= 0.6 is 0 Å². The van der Waals surface area contributed by atoms with Crippen LogP contribution in [0.2, 0.25) is 0 Å². The topological polar surface area (TPSA) is 29.5 Å². The molecule has 118 valence electrons. The Morgan fingerprint density at radius 3 is 2.38 bits per heavy atom. The quantitative estimate of drug-likeness (QED) is 0.766. The van der Waals surface area contributed by atoms with Gasteiger partial charge in [-0.2, -0.15) is 0 Å². The van der Waals surface area contributed by atoms with Crippen molar-refractivity contribution in [3.05, 3.63) is 35.9 Å². The second-order valence-electron chi connectivity index (χ2n) is 6.76. The Morgan fingerprint density at radius 2 is 1.86 bits per heavy atom. The number of ether oxygens (including phenoxy) is 1. The molecule has 0 aliphatic carbocycles. The van der Waals surface area contributed by atoms with Gasteiger partial charge in [-0.25, -0.2) is 0 Å². The molecule has 0 fully saturated rings. The molecule has 1 aromatic rings. The summed E-state index contributed by atoms with van der Waals surface area (Å²) in [6.45, 7) is 10.6. The molecule has 3 nitrogen and oxygen atoms in total. The van der Waals surface area contributed by atoms with Gasteiger partial charge in [-0.1, -0.05) is 58.0 Å². The number of nitrogens with zero attached hydrogens (tertiary/aromatic N) is 1. The zero-order valence-corrected chi connectivity index (χ0v) is 14.1. The van der Waals surface area contributed by atoms with Crippen molar-refractivity contribution in [1.82, 2.24) is 4.90 Å². The number of amides is 1. The predicted molar refractivity (Wildman–Crippen MR) is 87.0 cm³/mol. The molecule has 0 radical (unpaired) electrons. The Hall–Kier alpha value is -1.35. The Kier molecular flexibility index (Phi) is 6.90.